The third kappa shape index (κ3) is 15.0. The number of hydrogen-bond donors (Lipinski definition) is 0. The molecule has 0 atom stereocenters. The second kappa shape index (κ2) is 10.7. The molecule has 120 valence electrons. The van der Waals surface area contributed by atoms with Crippen molar-refractivity contribution in [1.82, 2.24) is 0 Å². The molecule has 0 aromatic carbocycles. The van der Waals surface area contributed by atoms with Gasteiger partial charge in [0.25, 0.3) is 0 Å². The summed E-state index contributed by atoms with van der Waals surface area (Å²) in [6.45, 7) is 15.0. The van der Waals surface area contributed by atoms with E-state index in [-0.39, 0.29) is 29.6 Å². The van der Waals surface area contributed by atoms with Crippen LogP contribution in [0.4, 0.5) is 0 Å². The Labute approximate surface area is 124 Å². The number of hydrogen-bond acceptors (Lipinski definition) is 4. The van der Waals surface area contributed by atoms with Crippen LogP contribution in [-0.2, 0) is 19.1 Å². The third-order valence-electron chi connectivity index (χ3n) is 2.06. The molecule has 4 heteroatoms. The van der Waals surface area contributed by atoms with Crippen LogP contribution < -0.4 is 0 Å². The van der Waals surface area contributed by atoms with Crippen LogP contribution in [0, 0.1) is 5.41 Å². The Balaban J connectivity index is 0. The Morgan fingerprint density at radius 3 is 1.65 bits per heavy atom. The average molecular weight is 288 g/mol. The van der Waals surface area contributed by atoms with Gasteiger partial charge in [-0.25, -0.2) is 0 Å². The Bertz CT molecular complexity index is 275. The van der Waals surface area contributed by atoms with E-state index in [1.165, 1.54) is 0 Å². The Kier molecular flexibility index (Phi) is 11.4. The minimum absolute atomic E-state index is 0.00766. The van der Waals surface area contributed by atoms with Gasteiger partial charge in [0.05, 0.1) is 17.6 Å². The standard InChI is InChI=1S/2C8H16O2/c1-6(2)10-7(9)8(3,4)5;1-4-5-6-8(9)10-7(2)3/h6H,1-5H3;7H,4-6H2,1-3H3. The number of esters is 2. The SMILES string of the molecule is CC(C)OC(=O)C(C)(C)C.CCCCC(=O)OC(C)C. The maximum atomic E-state index is 11.1. The number of ether oxygens (including phenoxy) is 2. The predicted molar refractivity (Wildman–Crippen MR) is 81.4 cm³/mol. The molecule has 0 bridgehead atoms. The Hall–Kier alpha value is -1.06. The Morgan fingerprint density at radius 2 is 1.40 bits per heavy atom. The first-order valence-corrected chi connectivity index (χ1v) is 7.41. The van der Waals surface area contributed by atoms with E-state index in [0.717, 1.165) is 12.8 Å². The molecule has 0 aromatic heterocycles. The fourth-order valence-electron chi connectivity index (χ4n) is 1.03. The van der Waals surface area contributed by atoms with Crippen LogP contribution in [0.2, 0.25) is 0 Å². The van der Waals surface area contributed by atoms with Crippen LogP contribution in [0.3, 0.4) is 0 Å². The molecule has 0 aliphatic carbocycles. The molecular formula is C16H32O4. The molecule has 0 unspecified atom stereocenters. The quantitative estimate of drug-likeness (QED) is 0.714. The van der Waals surface area contributed by atoms with Gasteiger partial charge in [-0.15, -0.1) is 0 Å². The second-order valence-corrected chi connectivity index (χ2v) is 6.35. The van der Waals surface area contributed by atoms with E-state index >= 15 is 0 Å². The highest BCUT2D eigenvalue weighted by Gasteiger charge is 2.23. The smallest absolute Gasteiger partial charge is 0.311 e. The first kappa shape index (κ1) is 21.2. The normalized spacial score (nSPS) is 10.9. The van der Waals surface area contributed by atoms with E-state index in [1.54, 1.807) is 0 Å². The van der Waals surface area contributed by atoms with Crippen molar-refractivity contribution in [2.24, 2.45) is 5.41 Å². The van der Waals surface area contributed by atoms with E-state index in [9.17, 15) is 9.59 Å². The van der Waals surface area contributed by atoms with Crippen molar-refractivity contribution in [3.63, 3.8) is 0 Å². The summed E-state index contributed by atoms with van der Waals surface area (Å²) in [5.74, 6) is -0.209. The van der Waals surface area contributed by atoms with Crippen LogP contribution in [0.15, 0.2) is 0 Å². The largest absolute Gasteiger partial charge is 0.463 e. The fraction of sp³-hybridized carbons (Fsp3) is 0.875. The van der Waals surface area contributed by atoms with Crippen molar-refractivity contribution in [2.75, 3.05) is 0 Å². The molecule has 4 nitrogen and oxygen atoms in total. The first-order valence-electron chi connectivity index (χ1n) is 7.41. The summed E-state index contributed by atoms with van der Waals surface area (Å²) < 4.78 is 9.89. The zero-order valence-corrected chi connectivity index (χ0v) is 14.4. The monoisotopic (exact) mass is 288 g/mol. The van der Waals surface area contributed by atoms with E-state index < -0.39 is 0 Å². The molecule has 0 aliphatic heterocycles. The molecule has 0 heterocycles. The number of carbonyl (C=O) groups excluding carboxylic acids is 2. The van der Waals surface area contributed by atoms with Crippen LogP contribution in [0.25, 0.3) is 0 Å². The fourth-order valence-corrected chi connectivity index (χ4v) is 1.03. The van der Waals surface area contributed by atoms with E-state index in [0.29, 0.717) is 6.42 Å². The summed E-state index contributed by atoms with van der Waals surface area (Å²) in [6.07, 6.45) is 2.57. The maximum Gasteiger partial charge on any atom is 0.311 e. The van der Waals surface area contributed by atoms with Gasteiger partial charge in [-0.1, -0.05) is 13.3 Å². The van der Waals surface area contributed by atoms with Gasteiger partial charge in [-0.3, -0.25) is 9.59 Å². The van der Waals surface area contributed by atoms with Gasteiger partial charge < -0.3 is 9.47 Å². The summed E-state index contributed by atoms with van der Waals surface area (Å²) in [4.78, 5) is 21.8. The number of rotatable bonds is 5. The van der Waals surface area contributed by atoms with Crippen molar-refractivity contribution in [3.8, 4) is 0 Å². The van der Waals surface area contributed by atoms with Gasteiger partial charge >= 0.3 is 11.9 Å². The molecule has 0 saturated heterocycles. The highest BCUT2D eigenvalue weighted by molar-refractivity contribution is 5.75. The molecule has 0 saturated carbocycles. The highest BCUT2D eigenvalue weighted by atomic mass is 16.5. The van der Waals surface area contributed by atoms with Crippen LogP contribution >= 0.6 is 0 Å². The molecule has 0 amide bonds. The molecular weight excluding hydrogens is 256 g/mol. The van der Waals surface area contributed by atoms with Gasteiger partial charge in [0.2, 0.25) is 0 Å². The summed E-state index contributed by atoms with van der Waals surface area (Å²) >= 11 is 0. The molecule has 0 radical (unpaired) electrons. The van der Waals surface area contributed by atoms with Gasteiger partial charge in [0.15, 0.2) is 0 Å². The average Bonchev–Trinajstić information content (AvgIpc) is 2.24. The summed E-state index contributed by atoms with van der Waals surface area (Å²) in [5.41, 5.74) is -0.371. The van der Waals surface area contributed by atoms with Crippen molar-refractivity contribution in [3.05, 3.63) is 0 Å². The van der Waals surface area contributed by atoms with Crippen molar-refractivity contribution < 1.29 is 19.1 Å². The van der Waals surface area contributed by atoms with E-state index in [1.807, 2.05) is 48.5 Å². The zero-order chi connectivity index (χ0) is 16.3. The summed E-state index contributed by atoms with van der Waals surface area (Å²) in [5, 5.41) is 0. The number of carbonyl (C=O) groups is 2. The zero-order valence-electron chi connectivity index (χ0n) is 14.4. The van der Waals surface area contributed by atoms with Crippen LogP contribution in [0.1, 0.15) is 74.7 Å². The molecule has 0 aliphatic rings. The number of unbranched alkanes of at least 4 members (excludes halogenated alkanes) is 1. The minimum atomic E-state index is -0.371. The summed E-state index contributed by atoms with van der Waals surface area (Å²) in [6, 6.07) is 0. The first-order chi connectivity index (χ1) is 9.00. The molecule has 0 N–H and O–H groups in total. The molecule has 0 spiro atoms. The second-order valence-electron chi connectivity index (χ2n) is 6.35. The van der Waals surface area contributed by atoms with Crippen molar-refractivity contribution >= 4 is 11.9 Å². The van der Waals surface area contributed by atoms with Gasteiger partial charge in [0, 0.05) is 6.42 Å². The lowest BCUT2D eigenvalue weighted by molar-refractivity contribution is -0.156. The minimum Gasteiger partial charge on any atom is -0.463 e. The predicted octanol–water partition coefficient (Wildman–Crippen LogP) is 4.11. The third-order valence-corrected chi connectivity index (χ3v) is 2.06. The van der Waals surface area contributed by atoms with Crippen LogP contribution in [0.5, 0.6) is 0 Å². The molecule has 0 rings (SSSR count). The topological polar surface area (TPSA) is 52.6 Å². The Morgan fingerprint density at radius 1 is 0.950 bits per heavy atom. The molecule has 0 fully saturated rings. The van der Waals surface area contributed by atoms with E-state index in [2.05, 4.69) is 6.92 Å². The maximum absolute atomic E-state index is 11.1. The van der Waals surface area contributed by atoms with E-state index in [4.69, 9.17) is 9.47 Å². The lowest BCUT2D eigenvalue weighted by Gasteiger charge is -2.18. The molecule has 0 aromatic rings. The lowest BCUT2D eigenvalue weighted by Crippen LogP contribution is -2.25. The van der Waals surface area contributed by atoms with Crippen molar-refractivity contribution in [1.29, 1.82) is 0 Å². The van der Waals surface area contributed by atoms with Gasteiger partial charge in [-0.2, -0.15) is 0 Å². The van der Waals surface area contributed by atoms with Crippen molar-refractivity contribution in [2.45, 2.75) is 86.9 Å². The van der Waals surface area contributed by atoms with Crippen LogP contribution in [-0.4, -0.2) is 24.1 Å². The molecule has 20 heavy (non-hydrogen) atoms. The van der Waals surface area contributed by atoms with Gasteiger partial charge in [-0.05, 0) is 54.9 Å². The lowest BCUT2D eigenvalue weighted by atomic mass is 9.97. The van der Waals surface area contributed by atoms with Gasteiger partial charge in [0.1, 0.15) is 0 Å². The highest BCUT2D eigenvalue weighted by Crippen LogP contribution is 2.15. The summed E-state index contributed by atoms with van der Waals surface area (Å²) in [7, 11) is 0.